The fourth-order valence-corrected chi connectivity index (χ4v) is 2.82. The van der Waals surface area contributed by atoms with Gasteiger partial charge in [0.1, 0.15) is 0 Å². The van der Waals surface area contributed by atoms with E-state index in [-0.39, 0.29) is 21.6 Å². The summed E-state index contributed by atoms with van der Waals surface area (Å²) < 4.78 is 4.13. The zero-order valence-electron chi connectivity index (χ0n) is 14.2. The van der Waals surface area contributed by atoms with Crippen molar-refractivity contribution in [2.24, 2.45) is 0 Å². The summed E-state index contributed by atoms with van der Waals surface area (Å²) in [6.45, 7) is 11.9. The second-order valence-electron chi connectivity index (χ2n) is 7.63. The zero-order chi connectivity index (χ0) is 17.6. The van der Waals surface area contributed by atoms with Gasteiger partial charge in [-0.3, -0.25) is 0 Å². The van der Waals surface area contributed by atoms with Crippen LogP contribution >= 0.6 is 11.5 Å². The van der Waals surface area contributed by atoms with Gasteiger partial charge in [0.25, 0.3) is 0 Å². The van der Waals surface area contributed by atoms with E-state index < -0.39 is 5.97 Å². The van der Waals surface area contributed by atoms with Crippen LogP contribution in [0.4, 0.5) is 0 Å². The van der Waals surface area contributed by atoms with Gasteiger partial charge in [-0.2, -0.15) is 4.37 Å². The summed E-state index contributed by atoms with van der Waals surface area (Å²) in [5, 5.41) is 21.8. The molecule has 0 aliphatic rings. The maximum Gasteiger partial charge on any atom is 0.366 e. The summed E-state index contributed by atoms with van der Waals surface area (Å²) in [4.78, 5) is 15.1. The number of hydrogen-bond donors (Lipinski definition) is 1. The van der Waals surface area contributed by atoms with Crippen molar-refractivity contribution in [1.82, 2.24) is 9.36 Å². The Labute approximate surface area is 140 Å². The first kappa shape index (κ1) is 17.4. The number of hydrogen-bond acceptors (Lipinski definition) is 5. The predicted octanol–water partition coefficient (Wildman–Crippen LogP) is 3.57. The summed E-state index contributed by atoms with van der Waals surface area (Å²) in [6.07, 6.45) is 0. The standard InChI is InChI=1S/C17H22N2O3S/c1-16(2,3)10-7-9(8-11(12(10)20)17(4,5)6)13-18-14(15(21)22)23-19-13/h7-8,20H,1-6H3,(H,21,22)/p-1. The van der Waals surface area contributed by atoms with Crippen molar-refractivity contribution in [3.63, 3.8) is 0 Å². The van der Waals surface area contributed by atoms with Crippen molar-refractivity contribution < 1.29 is 15.0 Å². The second kappa shape index (κ2) is 5.60. The number of carboxylic acids is 1. The van der Waals surface area contributed by atoms with Gasteiger partial charge in [0.15, 0.2) is 5.82 Å². The molecule has 0 fully saturated rings. The van der Waals surface area contributed by atoms with Crippen molar-refractivity contribution >= 4 is 17.5 Å². The minimum atomic E-state index is -1.10. The van der Waals surface area contributed by atoms with E-state index in [1.807, 2.05) is 41.5 Å². The van der Waals surface area contributed by atoms with Gasteiger partial charge in [-0.05, 0) is 45.6 Å². The van der Waals surface area contributed by atoms with E-state index in [9.17, 15) is 9.90 Å². The van der Waals surface area contributed by atoms with Crippen LogP contribution in [0.2, 0.25) is 0 Å². The van der Waals surface area contributed by atoms with Gasteiger partial charge >= 0.3 is 5.97 Å². The first-order valence-electron chi connectivity index (χ1n) is 7.34. The molecule has 2 aromatic rings. The number of rotatable bonds is 2. The molecule has 0 aliphatic carbocycles. The van der Waals surface area contributed by atoms with Gasteiger partial charge in [-0.15, -0.1) is 5.75 Å². The zero-order valence-corrected chi connectivity index (χ0v) is 15.0. The van der Waals surface area contributed by atoms with E-state index in [4.69, 9.17) is 5.11 Å². The highest BCUT2D eigenvalue weighted by Gasteiger charge is 2.24. The Balaban J connectivity index is 2.71. The molecule has 0 unspecified atom stereocenters. The van der Waals surface area contributed by atoms with Crippen LogP contribution < -0.4 is 5.11 Å². The number of carboxylic acid groups (broad SMARTS) is 1. The molecule has 0 spiro atoms. The van der Waals surface area contributed by atoms with Crippen molar-refractivity contribution in [2.75, 3.05) is 0 Å². The lowest BCUT2D eigenvalue weighted by molar-refractivity contribution is -0.271. The van der Waals surface area contributed by atoms with Gasteiger partial charge in [-0.25, -0.2) is 9.78 Å². The Morgan fingerprint density at radius 2 is 1.57 bits per heavy atom. The van der Waals surface area contributed by atoms with Crippen molar-refractivity contribution in [1.29, 1.82) is 0 Å². The molecule has 124 valence electrons. The van der Waals surface area contributed by atoms with Gasteiger partial charge in [0.2, 0.25) is 5.01 Å². The Morgan fingerprint density at radius 3 is 1.91 bits per heavy atom. The smallest absolute Gasteiger partial charge is 0.366 e. The van der Waals surface area contributed by atoms with Crippen molar-refractivity contribution in [3.8, 4) is 17.1 Å². The molecule has 0 saturated carbocycles. The van der Waals surface area contributed by atoms with E-state index >= 15 is 0 Å². The fraction of sp³-hybridized carbons (Fsp3) is 0.471. The summed E-state index contributed by atoms with van der Waals surface area (Å²) in [6, 6.07) is 3.57. The van der Waals surface area contributed by atoms with Crippen LogP contribution in [-0.2, 0) is 10.8 Å². The lowest BCUT2D eigenvalue weighted by Crippen LogP contribution is -2.21. The van der Waals surface area contributed by atoms with Crippen molar-refractivity contribution in [2.45, 2.75) is 52.4 Å². The largest absolute Gasteiger partial charge is 0.872 e. The lowest BCUT2D eigenvalue weighted by Gasteiger charge is -2.33. The molecular weight excluding hydrogens is 312 g/mol. The Bertz CT molecular complexity index is 717. The molecule has 5 nitrogen and oxygen atoms in total. The van der Waals surface area contributed by atoms with Crippen molar-refractivity contribution in [3.05, 3.63) is 28.3 Å². The summed E-state index contributed by atoms with van der Waals surface area (Å²) in [5.41, 5.74) is 1.42. The third kappa shape index (κ3) is 3.52. The number of aromatic carboxylic acids is 1. The summed E-state index contributed by atoms with van der Waals surface area (Å²) in [5.74, 6) is -0.716. The predicted molar refractivity (Wildman–Crippen MR) is 89.2 cm³/mol. The topological polar surface area (TPSA) is 86.1 Å². The van der Waals surface area contributed by atoms with E-state index in [1.165, 1.54) is 0 Å². The molecule has 1 aromatic carbocycles. The fourth-order valence-electron chi connectivity index (χ4n) is 2.30. The molecule has 1 heterocycles. The summed E-state index contributed by atoms with van der Waals surface area (Å²) >= 11 is 0.845. The average molecular weight is 333 g/mol. The number of benzene rings is 1. The quantitative estimate of drug-likeness (QED) is 0.908. The molecule has 1 N–H and O–H groups in total. The first-order chi connectivity index (χ1) is 10.4. The van der Waals surface area contributed by atoms with E-state index in [2.05, 4.69) is 9.36 Å². The minimum absolute atomic E-state index is 0.0300. The van der Waals surface area contributed by atoms with Crippen LogP contribution in [0.5, 0.6) is 5.75 Å². The highest BCUT2D eigenvalue weighted by molar-refractivity contribution is 7.07. The molecule has 0 bridgehead atoms. The maximum absolute atomic E-state index is 12.8. The molecule has 0 radical (unpaired) electrons. The highest BCUT2D eigenvalue weighted by atomic mass is 32.1. The minimum Gasteiger partial charge on any atom is -0.872 e. The second-order valence-corrected chi connectivity index (χ2v) is 8.38. The molecule has 0 atom stereocenters. The third-order valence-corrected chi connectivity index (χ3v) is 4.28. The Hall–Kier alpha value is -1.95. The van der Waals surface area contributed by atoms with Gasteiger partial charge in [0.05, 0.1) is 0 Å². The average Bonchev–Trinajstić information content (AvgIpc) is 2.85. The number of nitrogens with zero attached hydrogens (tertiary/aromatic N) is 2. The molecule has 2 rings (SSSR count). The molecular formula is C17H21N2O3S-. The normalized spacial score (nSPS) is 12.4. The molecule has 0 saturated heterocycles. The lowest BCUT2D eigenvalue weighted by atomic mass is 9.78. The van der Waals surface area contributed by atoms with Crippen LogP contribution in [0.3, 0.4) is 0 Å². The molecule has 6 heteroatoms. The first-order valence-corrected chi connectivity index (χ1v) is 8.12. The highest BCUT2D eigenvalue weighted by Crippen LogP contribution is 2.40. The number of aromatic nitrogens is 2. The molecule has 0 aliphatic heterocycles. The molecule has 1 aromatic heterocycles. The van der Waals surface area contributed by atoms with E-state index in [1.54, 1.807) is 12.1 Å². The van der Waals surface area contributed by atoms with Gasteiger partial charge in [0, 0.05) is 5.56 Å². The SMILES string of the molecule is CC(C)(C)c1cc(-c2nsc(C(=O)O)n2)cc(C(C)(C)C)c1[O-]. The Kier molecular flexibility index (Phi) is 4.24. The summed E-state index contributed by atoms with van der Waals surface area (Å²) in [7, 11) is 0. The monoisotopic (exact) mass is 333 g/mol. The third-order valence-electron chi connectivity index (χ3n) is 3.57. The molecule has 0 amide bonds. The van der Waals surface area contributed by atoms with Crippen LogP contribution in [0.15, 0.2) is 12.1 Å². The van der Waals surface area contributed by atoms with E-state index in [0.29, 0.717) is 22.5 Å². The van der Waals surface area contributed by atoms with Gasteiger partial charge < -0.3 is 10.2 Å². The van der Waals surface area contributed by atoms with Gasteiger partial charge in [-0.1, -0.05) is 41.5 Å². The van der Waals surface area contributed by atoms with E-state index in [0.717, 1.165) is 11.5 Å². The Morgan fingerprint density at radius 1 is 1.09 bits per heavy atom. The molecule has 23 heavy (non-hydrogen) atoms. The maximum atomic E-state index is 12.8. The van der Waals surface area contributed by atoms with Crippen LogP contribution in [0.1, 0.15) is 62.5 Å². The van der Waals surface area contributed by atoms with Crippen LogP contribution in [0.25, 0.3) is 11.4 Å². The van der Waals surface area contributed by atoms with Crippen LogP contribution in [-0.4, -0.2) is 20.4 Å². The van der Waals surface area contributed by atoms with Crippen LogP contribution in [0, 0.1) is 0 Å². The number of carbonyl (C=O) groups is 1.